The van der Waals surface area contributed by atoms with Gasteiger partial charge in [0.15, 0.2) is 9.84 Å². The highest BCUT2D eigenvalue weighted by Crippen LogP contribution is 2.38. The summed E-state index contributed by atoms with van der Waals surface area (Å²) in [6.07, 6.45) is 0. The second-order valence-electron chi connectivity index (χ2n) is 12.8. The number of nitriles is 1. The zero-order valence-electron chi connectivity index (χ0n) is 27.8. The maximum absolute atomic E-state index is 13.1. The number of anilines is 2. The first-order valence-corrected chi connectivity index (χ1v) is 17.9. The van der Waals surface area contributed by atoms with Crippen molar-refractivity contribution >= 4 is 32.5 Å². The van der Waals surface area contributed by atoms with Crippen molar-refractivity contribution in [2.45, 2.75) is 37.0 Å². The third kappa shape index (κ3) is 6.37. The maximum Gasteiger partial charge on any atom is 0.228 e. The second-order valence-corrected chi connectivity index (χ2v) is 14.8. The van der Waals surface area contributed by atoms with E-state index in [1.165, 1.54) is 0 Å². The zero-order chi connectivity index (χ0) is 34.2. The highest BCUT2D eigenvalue weighted by Gasteiger charge is 2.49. The smallest absolute Gasteiger partial charge is 0.228 e. The van der Waals surface area contributed by atoms with Crippen LogP contribution in [0, 0.1) is 18.3 Å². The molecule has 4 aromatic carbocycles. The van der Waals surface area contributed by atoms with Gasteiger partial charge in [-0.2, -0.15) is 10.2 Å². The van der Waals surface area contributed by atoms with Gasteiger partial charge in [-0.05, 0) is 66.1 Å². The van der Waals surface area contributed by atoms with E-state index in [-0.39, 0.29) is 12.3 Å². The number of sulfone groups is 1. The van der Waals surface area contributed by atoms with Crippen LogP contribution in [0.2, 0.25) is 0 Å². The minimum absolute atomic E-state index is 0.0262. The van der Waals surface area contributed by atoms with Gasteiger partial charge in [-0.15, -0.1) is 0 Å². The SMILES string of the molecule is COc1ccc(CN(Cc2ccc(OC)cc2)C2(C#N)CN(c3nc(N4CCS(=O)(=O)c5ccccc5C4)nc4ccc(C)cc34)C2)cc1. The standard InChI is InChI=1S/C38H38N6O4S/c1-27-8-17-34-33(20-27)36(41-37(40-34)42-18-19-49(45,46)35-7-5-4-6-30(35)23-42)43-25-38(24-39,26-43)44(21-28-9-13-31(47-2)14-10-28)22-29-11-15-32(48-3)16-12-29/h4-17,20H,18-19,21-23,25-26H2,1-3H3. The van der Waals surface area contributed by atoms with Crippen molar-refractivity contribution in [1.29, 1.82) is 5.26 Å². The second kappa shape index (κ2) is 13.0. The van der Waals surface area contributed by atoms with Crippen LogP contribution in [-0.4, -0.2) is 68.4 Å². The molecule has 250 valence electrons. The van der Waals surface area contributed by atoms with Gasteiger partial charge in [0.25, 0.3) is 0 Å². The van der Waals surface area contributed by atoms with Crippen LogP contribution in [0.3, 0.4) is 0 Å². The Balaban J connectivity index is 1.23. The Morgan fingerprint density at radius 3 is 2.10 bits per heavy atom. The van der Waals surface area contributed by atoms with E-state index >= 15 is 0 Å². The third-order valence-electron chi connectivity index (χ3n) is 9.48. The van der Waals surface area contributed by atoms with Gasteiger partial charge in [0.2, 0.25) is 5.95 Å². The Hall–Kier alpha value is -5.18. The molecule has 1 fully saturated rings. The minimum atomic E-state index is -3.44. The lowest BCUT2D eigenvalue weighted by Gasteiger charge is -2.52. The van der Waals surface area contributed by atoms with Gasteiger partial charge >= 0.3 is 0 Å². The number of aryl methyl sites for hydroxylation is 1. The van der Waals surface area contributed by atoms with Crippen LogP contribution >= 0.6 is 0 Å². The molecule has 2 aliphatic heterocycles. The van der Waals surface area contributed by atoms with Gasteiger partial charge in [-0.3, -0.25) is 4.90 Å². The predicted octanol–water partition coefficient (Wildman–Crippen LogP) is 5.53. The van der Waals surface area contributed by atoms with Gasteiger partial charge in [0.1, 0.15) is 22.9 Å². The molecule has 0 unspecified atom stereocenters. The molecular formula is C38H38N6O4S. The van der Waals surface area contributed by atoms with Gasteiger partial charge in [-0.25, -0.2) is 13.4 Å². The van der Waals surface area contributed by atoms with Crippen LogP contribution < -0.4 is 19.3 Å². The molecule has 49 heavy (non-hydrogen) atoms. The highest BCUT2D eigenvalue weighted by atomic mass is 32.2. The molecule has 0 aliphatic carbocycles. The number of methoxy groups -OCH3 is 2. The molecule has 0 atom stereocenters. The highest BCUT2D eigenvalue weighted by molar-refractivity contribution is 7.91. The molecule has 1 saturated heterocycles. The van der Waals surface area contributed by atoms with Crippen molar-refractivity contribution in [1.82, 2.24) is 14.9 Å². The Bertz CT molecular complexity index is 2090. The average Bonchev–Trinajstić information content (AvgIpc) is 3.24. The predicted molar refractivity (Wildman–Crippen MR) is 190 cm³/mol. The fraction of sp³-hybridized carbons (Fsp3) is 0.289. The first kappa shape index (κ1) is 32.4. The number of nitrogens with zero attached hydrogens (tertiary/aromatic N) is 6. The van der Waals surface area contributed by atoms with Crippen molar-refractivity contribution in [3.8, 4) is 17.6 Å². The average molecular weight is 675 g/mol. The Morgan fingerprint density at radius 2 is 1.49 bits per heavy atom. The van der Waals surface area contributed by atoms with Crippen molar-refractivity contribution in [3.63, 3.8) is 0 Å². The Morgan fingerprint density at radius 1 is 0.857 bits per heavy atom. The summed E-state index contributed by atoms with van der Waals surface area (Å²) in [5, 5.41) is 11.7. The summed E-state index contributed by atoms with van der Waals surface area (Å²) in [7, 11) is -0.141. The normalized spacial score (nSPS) is 16.4. The molecule has 1 aromatic heterocycles. The van der Waals surface area contributed by atoms with Gasteiger partial charge in [0.05, 0.1) is 49.5 Å². The summed E-state index contributed by atoms with van der Waals surface area (Å²) >= 11 is 0. The zero-order valence-corrected chi connectivity index (χ0v) is 28.7. The summed E-state index contributed by atoms with van der Waals surface area (Å²) in [6, 6.07) is 31.8. The molecule has 0 saturated carbocycles. The number of ether oxygens (including phenoxy) is 2. The van der Waals surface area contributed by atoms with Crippen LogP contribution in [0.15, 0.2) is 95.9 Å². The molecular weight excluding hydrogens is 637 g/mol. The van der Waals surface area contributed by atoms with Gasteiger partial charge in [0, 0.05) is 31.6 Å². The number of aromatic nitrogens is 2. The van der Waals surface area contributed by atoms with Crippen molar-refractivity contribution in [3.05, 3.63) is 113 Å². The Kier molecular flexibility index (Phi) is 8.61. The fourth-order valence-electron chi connectivity index (χ4n) is 6.67. The molecule has 2 aliphatic rings. The summed E-state index contributed by atoms with van der Waals surface area (Å²) in [4.78, 5) is 16.7. The van der Waals surface area contributed by atoms with E-state index in [1.807, 2.05) is 84.6 Å². The third-order valence-corrected chi connectivity index (χ3v) is 11.3. The molecule has 7 rings (SSSR count). The molecule has 0 spiro atoms. The monoisotopic (exact) mass is 674 g/mol. The molecule has 11 heteroatoms. The number of fused-ring (bicyclic) bond motifs is 2. The van der Waals surface area contributed by atoms with Crippen LogP contribution in [0.4, 0.5) is 11.8 Å². The lowest BCUT2D eigenvalue weighted by molar-refractivity contribution is 0.0900. The van der Waals surface area contributed by atoms with Gasteiger partial charge in [-0.1, -0.05) is 54.1 Å². The topological polar surface area (TPSA) is 112 Å². The largest absolute Gasteiger partial charge is 0.497 e. The van der Waals surface area contributed by atoms with Gasteiger partial charge < -0.3 is 19.3 Å². The number of hydrogen-bond donors (Lipinski definition) is 0. The molecule has 0 amide bonds. The van der Waals surface area contributed by atoms with Crippen LogP contribution in [0.1, 0.15) is 22.3 Å². The number of hydrogen-bond acceptors (Lipinski definition) is 10. The van der Waals surface area contributed by atoms with Crippen molar-refractivity contribution < 1.29 is 17.9 Å². The van der Waals surface area contributed by atoms with E-state index in [9.17, 15) is 13.7 Å². The van der Waals surface area contributed by atoms with E-state index in [1.54, 1.807) is 26.4 Å². The molecule has 5 aromatic rings. The lowest BCUT2D eigenvalue weighted by atomic mass is 9.87. The summed E-state index contributed by atoms with van der Waals surface area (Å²) < 4.78 is 37.0. The maximum atomic E-state index is 13.1. The molecule has 0 radical (unpaired) electrons. The molecule has 10 nitrogen and oxygen atoms in total. The number of benzene rings is 4. The van der Waals surface area contributed by atoms with E-state index in [4.69, 9.17) is 19.4 Å². The van der Waals surface area contributed by atoms with Crippen LogP contribution in [0.25, 0.3) is 10.9 Å². The quantitative estimate of drug-likeness (QED) is 0.198. The molecule has 3 heterocycles. The minimum Gasteiger partial charge on any atom is -0.497 e. The Labute approximate surface area is 287 Å². The first-order valence-electron chi connectivity index (χ1n) is 16.2. The van der Waals surface area contributed by atoms with E-state index in [0.29, 0.717) is 43.6 Å². The lowest BCUT2D eigenvalue weighted by Crippen LogP contribution is -2.69. The van der Waals surface area contributed by atoms with E-state index in [2.05, 4.69) is 21.9 Å². The number of rotatable bonds is 9. The summed E-state index contributed by atoms with van der Waals surface area (Å²) in [6.45, 7) is 4.69. The van der Waals surface area contributed by atoms with Crippen molar-refractivity contribution in [2.75, 3.05) is 49.4 Å². The summed E-state index contributed by atoms with van der Waals surface area (Å²) in [5.74, 6) is 2.75. The van der Waals surface area contributed by atoms with E-state index in [0.717, 1.165) is 50.5 Å². The van der Waals surface area contributed by atoms with Crippen LogP contribution in [-0.2, 0) is 29.5 Å². The first-order chi connectivity index (χ1) is 23.7. The van der Waals surface area contributed by atoms with E-state index < -0.39 is 15.4 Å². The molecule has 0 N–H and O–H groups in total. The van der Waals surface area contributed by atoms with Crippen LogP contribution in [0.5, 0.6) is 11.5 Å². The van der Waals surface area contributed by atoms with Crippen molar-refractivity contribution in [2.24, 2.45) is 0 Å². The summed E-state index contributed by atoms with van der Waals surface area (Å²) in [5.41, 5.74) is 3.93. The fourth-order valence-corrected chi connectivity index (χ4v) is 8.17. The molecule has 0 bridgehead atoms.